The molecule has 0 radical (unpaired) electrons. The summed E-state index contributed by atoms with van der Waals surface area (Å²) in [7, 11) is 0. The van der Waals surface area contributed by atoms with Gasteiger partial charge >= 0.3 is 0 Å². The van der Waals surface area contributed by atoms with Crippen LogP contribution in [0.15, 0.2) is 59.8 Å². The van der Waals surface area contributed by atoms with E-state index in [1.54, 1.807) is 0 Å². The normalized spacial score (nSPS) is 10.9. The molecular formula is C12H14FN3. The highest BCUT2D eigenvalue weighted by Crippen LogP contribution is 2.05. The lowest BCUT2D eigenvalue weighted by Crippen LogP contribution is -2.12. The molecule has 0 spiro atoms. The van der Waals surface area contributed by atoms with Crippen molar-refractivity contribution in [3.63, 3.8) is 0 Å². The second kappa shape index (κ2) is 5.70. The molecule has 3 nitrogen and oxygen atoms in total. The van der Waals surface area contributed by atoms with Crippen molar-refractivity contribution >= 4 is 5.71 Å². The van der Waals surface area contributed by atoms with Gasteiger partial charge in [0.05, 0.1) is 11.5 Å². The lowest BCUT2D eigenvalue weighted by molar-refractivity contribution is 0.632. The summed E-state index contributed by atoms with van der Waals surface area (Å²) in [6.07, 6.45) is 1.89. The third-order valence-corrected chi connectivity index (χ3v) is 1.83. The number of allylic oxidation sites excluding steroid dienone is 1. The summed E-state index contributed by atoms with van der Waals surface area (Å²) in [4.78, 5) is 3.63. The van der Waals surface area contributed by atoms with E-state index in [4.69, 9.17) is 11.5 Å². The van der Waals surface area contributed by atoms with Gasteiger partial charge in [-0.25, -0.2) is 4.99 Å². The average molecular weight is 219 g/mol. The Morgan fingerprint density at radius 2 is 1.94 bits per heavy atom. The number of nitrogens with two attached hydrogens (primary N) is 2. The molecule has 16 heavy (non-hydrogen) atoms. The second-order valence-corrected chi connectivity index (χ2v) is 3.29. The average Bonchev–Trinajstić information content (AvgIpc) is 2.16. The van der Waals surface area contributed by atoms with Gasteiger partial charge in [0.1, 0.15) is 0 Å². The molecule has 1 rings (SSSR count). The number of aliphatic imine (C=N–C) groups is 1. The quantitative estimate of drug-likeness (QED) is 0.599. The Labute approximate surface area is 94.0 Å². The molecule has 0 aliphatic carbocycles. The fourth-order valence-corrected chi connectivity index (χ4v) is 1.28. The molecule has 0 aliphatic rings. The van der Waals surface area contributed by atoms with E-state index in [1.165, 1.54) is 6.08 Å². The molecule has 0 heterocycles. The Morgan fingerprint density at radius 3 is 2.44 bits per heavy atom. The lowest BCUT2D eigenvalue weighted by atomic mass is 10.1. The topological polar surface area (TPSA) is 64.4 Å². The van der Waals surface area contributed by atoms with Crippen LogP contribution in [0.2, 0.25) is 0 Å². The van der Waals surface area contributed by atoms with E-state index in [0.717, 1.165) is 5.56 Å². The number of nitrogens with zero attached hydrogens (tertiary/aromatic N) is 1. The van der Waals surface area contributed by atoms with Gasteiger partial charge < -0.3 is 11.5 Å². The van der Waals surface area contributed by atoms with Crippen molar-refractivity contribution < 1.29 is 4.39 Å². The maximum absolute atomic E-state index is 12.6. The zero-order valence-corrected chi connectivity index (χ0v) is 8.86. The molecule has 84 valence electrons. The number of hydrogen-bond donors (Lipinski definition) is 2. The maximum Gasteiger partial charge on any atom is 0.205 e. The summed E-state index contributed by atoms with van der Waals surface area (Å²) < 4.78 is 12.6. The van der Waals surface area contributed by atoms with Gasteiger partial charge in [0.2, 0.25) is 5.95 Å². The highest BCUT2D eigenvalue weighted by Gasteiger charge is 2.00. The predicted octanol–water partition coefficient (Wildman–Crippen LogP) is 1.87. The highest BCUT2D eigenvalue weighted by molar-refractivity contribution is 5.97. The molecule has 0 bridgehead atoms. The molecule has 1 aromatic rings. The van der Waals surface area contributed by atoms with E-state index in [0.29, 0.717) is 12.1 Å². The third kappa shape index (κ3) is 4.41. The van der Waals surface area contributed by atoms with Gasteiger partial charge in [-0.05, 0) is 18.2 Å². The largest absolute Gasteiger partial charge is 0.386 e. The third-order valence-electron chi connectivity index (χ3n) is 1.83. The monoisotopic (exact) mass is 219 g/mol. The molecule has 0 aromatic heterocycles. The zero-order valence-electron chi connectivity index (χ0n) is 8.86. The lowest BCUT2D eigenvalue weighted by Gasteiger charge is -2.02. The van der Waals surface area contributed by atoms with E-state index >= 15 is 0 Å². The SMILES string of the molecule is C=C(F)/N=C(\C=C(N)N)Cc1ccccc1. The van der Waals surface area contributed by atoms with Crippen LogP contribution in [0.1, 0.15) is 5.56 Å². The van der Waals surface area contributed by atoms with E-state index in [1.807, 2.05) is 30.3 Å². The number of benzene rings is 1. The van der Waals surface area contributed by atoms with Gasteiger partial charge in [-0.2, -0.15) is 4.39 Å². The van der Waals surface area contributed by atoms with Crippen LogP contribution in [0.25, 0.3) is 0 Å². The summed E-state index contributed by atoms with van der Waals surface area (Å²) in [6, 6.07) is 9.52. The van der Waals surface area contributed by atoms with E-state index < -0.39 is 5.95 Å². The molecular weight excluding hydrogens is 205 g/mol. The summed E-state index contributed by atoms with van der Waals surface area (Å²) >= 11 is 0. The second-order valence-electron chi connectivity index (χ2n) is 3.29. The minimum absolute atomic E-state index is 0.0935. The van der Waals surface area contributed by atoms with Gasteiger partial charge in [-0.15, -0.1) is 0 Å². The van der Waals surface area contributed by atoms with E-state index in [-0.39, 0.29) is 5.82 Å². The summed E-state index contributed by atoms with van der Waals surface area (Å²) in [5.74, 6) is -0.667. The van der Waals surface area contributed by atoms with Crippen LogP contribution in [-0.4, -0.2) is 5.71 Å². The molecule has 4 heteroatoms. The first-order chi connectivity index (χ1) is 7.58. The van der Waals surface area contributed by atoms with Crippen molar-refractivity contribution in [3.05, 3.63) is 60.3 Å². The molecule has 0 saturated heterocycles. The van der Waals surface area contributed by atoms with Crippen LogP contribution in [0.5, 0.6) is 0 Å². The molecule has 0 unspecified atom stereocenters. The van der Waals surface area contributed by atoms with Crippen molar-refractivity contribution in [2.45, 2.75) is 6.42 Å². The molecule has 1 aromatic carbocycles. The number of hydrogen-bond acceptors (Lipinski definition) is 3. The van der Waals surface area contributed by atoms with Crippen molar-refractivity contribution in [2.24, 2.45) is 16.5 Å². The van der Waals surface area contributed by atoms with Crippen LogP contribution >= 0.6 is 0 Å². The first-order valence-corrected chi connectivity index (χ1v) is 4.76. The Kier molecular flexibility index (Phi) is 4.27. The Balaban J connectivity index is 2.88. The minimum Gasteiger partial charge on any atom is -0.386 e. The van der Waals surface area contributed by atoms with Crippen LogP contribution in [-0.2, 0) is 6.42 Å². The van der Waals surface area contributed by atoms with Crippen LogP contribution in [0.3, 0.4) is 0 Å². The Hall–Kier alpha value is -2.10. The van der Waals surface area contributed by atoms with Crippen molar-refractivity contribution in [3.8, 4) is 0 Å². The van der Waals surface area contributed by atoms with Gasteiger partial charge in [0, 0.05) is 6.42 Å². The van der Waals surface area contributed by atoms with Crippen molar-refractivity contribution in [2.75, 3.05) is 0 Å². The number of rotatable bonds is 4. The predicted molar refractivity (Wildman–Crippen MR) is 64.3 cm³/mol. The highest BCUT2D eigenvalue weighted by atomic mass is 19.1. The summed E-state index contributed by atoms with van der Waals surface area (Å²) in [6.45, 7) is 3.08. The smallest absolute Gasteiger partial charge is 0.205 e. The van der Waals surface area contributed by atoms with Crippen LogP contribution in [0.4, 0.5) is 4.39 Å². The molecule has 4 N–H and O–H groups in total. The fourth-order valence-electron chi connectivity index (χ4n) is 1.28. The first-order valence-electron chi connectivity index (χ1n) is 4.76. The summed E-state index contributed by atoms with van der Waals surface area (Å²) in [5, 5.41) is 0. The Bertz CT molecular complexity index is 417. The fraction of sp³-hybridized carbons (Fsp3) is 0.0833. The van der Waals surface area contributed by atoms with Gasteiger partial charge in [0.25, 0.3) is 0 Å². The van der Waals surface area contributed by atoms with Crippen molar-refractivity contribution in [1.82, 2.24) is 0 Å². The van der Waals surface area contributed by atoms with Gasteiger partial charge in [-0.1, -0.05) is 30.3 Å². The van der Waals surface area contributed by atoms with E-state index in [2.05, 4.69) is 11.6 Å². The van der Waals surface area contributed by atoms with Crippen LogP contribution in [0, 0.1) is 0 Å². The minimum atomic E-state index is -0.761. The van der Waals surface area contributed by atoms with Gasteiger partial charge in [0.15, 0.2) is 0 Å². The molecule has 0 aliphatic heterocycles. The number of halogens is 1. The summed E-state index contributed by atoms with van der Waals surface area (Å²) in [5.41, 5.74) is 12.1. The standard InChI is InChI=1S/C12H14FN3/c1-9(13)16-11(8-12(14)15)7-10-5-3-2-4-6-10/h2-6,8H,1,7,14-15H2/b16-11-. The van der Waals surface area contributed by atoms with Gasteiger partial charge in [-0.3, -0.25) is 0 Å². The Morgan fingerprint density at radius 1 is 1.31 bits per heavy atom. The first kappa shape index (κ1) is 12.0. The molecule has 0 amide bonds. The molecule has 0 atom stereocenters. The molecule has 0 saturated carbocycles. The molecule has 0 fully saturated rings. The maximum atomic E-state index is 12.6. The van der Waals surface area contributed by atoms with Crippen LogP contribution < -0.4 is 11.5 Å². The van der Waals surface area contributed by atoms with E-state index in [9.17, 15) is 4.39 Å². The zero-order chi connectivity index (χ0) is 12.0. The van der Waals surface area contributed by atoms with Crippen molar-refractivity contribution in [1.29, 1.82) is 0 Å².